The smallest absolute Gasteiger partial charge is 0.216 e. The standard InChI is InChI=1S/C12H16BrNO4/c1-7(15)14-6-10(16)12(17)9-4-3-8(13)5-11(9)18-2/h3-5,10,12,16-17H,6H2,1-2H3,(H,14,15). The zero-order valence-electron chi connectivity index (χ0n) is 10.2. The Labute approximate surface area is 114 Å². The molecular formula is C12H16BrNO4. The van der Waals surface area contributed by atoms with Crippen molar-refractivity contribution in [2.45, 2.75) is 19.1 Å². The van der Waals surface area contributed by atoms with Crippen molar-refractivity contribution in [1.29, 1.82) is 0 Å². The molecule has 1 aromatic rings. The highest BCUT2D eigenvalue weighted by Gasteiger charge is 2.22. The largest absolute Gasteiger partial charge is 0.496 e. The van der Waals surface area contributed by atoms with Crippen LogP contribution in [0.1, 0.15) is 18.6 Å². The van der Waals surface area contributed by atoms with Gasteiger partial charge in [0.1, 0.15) is 18.0 Å². The Balaban J connectivity index is 2.82. The van der Waals surface area contributed by atoms with Crippen LogP contribution in [0, 0.1) is 0 Å². The highest BCUT2D eigenvalue weighted by Crippen LogP contribution is 2.30. The molecule has 2 atom stereocenters. The van der Waals surface area contributed by atoms with E-state index in [-0.39, 0.29) is 12.5 Å². The fraction of sp³-hybridized carbons (Fsp3) is 0.417. The van der Waals surface area contributed by atoms with Crippen molar-refractivity contribution in [3.63, 3.8) is 0 Å². The van der Waals surface area contributed by atoms with E-state index in [0.717, 1.165) is 4.47 Å². The second-order valence-corrected chi connectivity index (χ2v) is 4.75. The Morgan fingerprint density at radius 1 is 1.50 bits per heavy atom. The van der Waals surface area contributed by atoms with Crippen LogP contribution >= 0.6 is 15.9 Å². The summed E-state index contributed by atoms with van der Waals surface area (Å²) in [5.41, 5.74) is 0.471. The molecule has 0 aliphatic carbocycles. The lowest BCUT2D eigenvalue weighted by Gasteiger charge is -2.20. The third kappa shape index (κ3) is 3.97. The Bertz CT molecular complexity index is 425. The summed E-state index contributed by atoms with van der Waals surface area (Å²) < 4.78 is 5.95. The van der Waals surface area contributed by atoms with Gasteiger partial charge >= 0.3 is 0 Å². The zero-order chi connectivity index (χ0) is 13.7. The summed E-state index contributed by atoms with van der Waals surface area (Å²) in [5.74, 6) is 0.211. The predicted octanol–water partition coefficient (Wildman–Crippen LogP) is 0.988. The van der Waals surface area contributed by atoms with Crippen LogP contribution < -0.4 is 10.1 Å². The Morgan fingerprint density at radius 2 is 2.17 bits per heavy atom. The lowest BCUT2D eigenvalue weighted by Crippen LogP contribution is -2.34. The number of halogens is 1. The van der Waals surface area contributed by atoms with Crippen molar-refractivity contribution in [3.05, 3.63) is 28.2 Å². The molecule has 0 aliphatic rings. The molecule has 6 heteroatoms. The molecule has 1 amide bonds. The van der Waals surface area contributed by atoms with Gasteiger partial charge in [0.15, 0.2) is 0 Å². The zero-order valence-corrected chi connectivity index (χ0v) is 11.8. The van der Waals surface area contributed by atoms with E-state index in [1.165, 1.54) is 14.0 Å². The third-order valence-electron chi connectivity index (χ3n) is 2.44. The number of carbonyl (C=O) groups excluding carboxylic acids is 1. The van der Waals surface area contributed by atoms with Crippen LogP contribution in [0.5, 0.6) is 5.75 Å². The van der Waals surface area contributed by atoms with Crippen LogP contribution in [0.15, 0.2) is 22.7 Å². The SMILES string of the molecule is COc1cc(Br)ccc1C(O)C(O)CNC(C)=O. The first-order valence-electron chi connectivity index (χ1n) is 5.39. The summed E-state index contributed by atoms with van der Waals surface area (Å²) in [5, 5.41) is 22.2. The highest BCUT2D eigenvalue weighted by molar-refractivity contribution is 9.10. The first-order valence-corrected chi connectivity index (χ1v) is 6.19. The molecule has 0 radical (unpaired) electrons. The van der Waals surface area contributed by atoms with Gasteiger partial charge in [-0.15, -0.1) is 0 Å². The van der Waals surface area contributed by atoms with Gasteiger partial charge in [-0.1, -0.05) is 22.0 Å². The Kier molecular flexibility index (Phi) is 5.58. The van der Waals surface area contributed by atoms with Crippen molar-refractivity contribution >= 4 is 21.8 Å². The Hall–Kier alpha value is -1.11. The number of aliphatic hydroxyl groups is 2. The average Bonchev–Trinajstić information content (AvgIpc) is 2.34. The molecule has 5 nitrogen and oxygen atoms in total. The van der Waals surface area contributed by atoms with Crippen LogP contribution in [-0.4, -0.2) is 35.9 Å². The molecule has 0 heterocycles. The Morgan fingerprint density at radius 3 is 2.72 bits per heavy atom. The van der Waals surface area contributed by atoms with E-state index >= 15 is 0 Å². The molecule has 0 saturated heterocycles. The van der Waals surface area contributed by atoms with E-state index in [4.69, 9.17) is 4.74 Å². The number of hydrogen-bond acceptors (Lipinski definition) is 4. The number of aliphatic hydroxyl groups excluding tert-OH is 2. The quantitative estimate of drug-likeness (QED) is 0.756. The van der Waals surface area contributed by atoms with Crippen molar-refractivity contribution < 1.29 is 19.7 Å². The fourth-order valence-corrected chi connectivity index (χ4v) is 1.84. The van der Waals surface area contributed by atoms with Crippen molar-refractivity contribution in [2.75, 3.05) is 13.7 Å². The molecule has 18 heavy (non-hydrogen) atoms. The highest BCUT2D eigenvalue weighted by atomic mass is 79.9. The van der Waals surface area contributed by atoms with Crippen molar-refractivity contribution in [2.24, 2.45) is 0 Å². The van der Waals surface area contributed by atoms with E-state index in [1.807, 2.05) is 0 Å². The van der Waals surface area contributed by atoms with Gasteiger partial charge in [0.05, 0.1) is 7.11 Å². The number of nitrogens with one attached hydrogen (secondary N) is 1. The van der Waals surface area contributed by atoms with Crippen LogP contribution in [0.25, 0.3) is 0 Å². The number of rotatable bonds is 5. The van der Waals surface area contributed by atoms with Crippen LogP contribution in [0.3, 0.4) is 0 Å². The molecule has 100 valence electrons. The second kappa shape index (κ2) is 6.72. The minimum Gasteiger partial charge on any atom is -0.496 e. The van der Waals surface area contributed by atoms with Gasteiger partial charge < -0.3 is 20.3 Å². The summed E-state index contributed by atoms with van der Waals surface area (Å²) in [4.78, 5) is 10.7. The summed E-state index contributed by atoms with van der Waals surface area (Å²) in [7, 11) is 1.48. The number of benzene rings is 1. The lowest BCUT2D eigenvalue weighted by atomic mass is 10.0. The summed E-state index contributed by atoms with van der Waals surface area (Å²) in [6, 6.07) is 5.10. The van der Waals surface area contributed by atoms with Gasteiger partial charge in [0.2, 0.25) is 5.91 Å². The van der Waals surface area contributed by atoms with Crippen LogP contribution in [-0.2, 0) is 4.79 Å². The van der Waals surface area contributed by atoms with Gasteiger partial charge in [-0.2, -0.15) is 0 Å². The normalized spacial score (nSPS) is 13.8. The lowest BCUT2D eigenvalue weighted by molar-refractivity contribution is -0.119. The molecule has 0 fully saturated rings. The summed E-state index contributed by atoms with van der Waals surface area (Å²) in [6.07, 6.45) is -2.22. The number of hydrogen-bond donors (Lipinski definition) is 3. The minimum absolute atomic E-state index is 0.0181. The first kappa shape index (κ1) is 14.9. The van der Waals surface area contributed by atoms with E-state index in [0.29, 0.717) is 11.3 Å². The molecule has 0 saturated carbocycles. The van der Waals surface area contributed by atoms with Crippen LogP contribution in [0.2, 0.25) is 0 Å². The molecule has 0 spiro atoms. The third-order valence-corrected chi connectivity index (χ3v) is 2.93. The van der Waals surface area contributed by atoms with E-state index < -0.39 is 12.2 Å². The molecule has 3 N–H and O–H groups in total. The van der Waals surface area contributed by atoms with Crippen molar-refractivity contribution in [1.82, 2.24) is 5.32 Å². The molecule has 2 unspecified atom stereocenters. The minimum atomic E-state index is -1.13. The van der Waals surface area contributed by atoms with E-state index in [2.05, 4.69) is 21.2 Å². The van der Waals surface area contributed by atoms with Gasteiger partial charge in [-0.25, -0.2) is 0 Å². The number of methoxy groups -OCH3 is 1. The maximum atomic E-state index is 10.7. The summed E-state index contributed by atoms with van der Waals surface area (Å²) >= 11 is 3.29. The number of carbonyl (C=O) groups is 1. The van der Waals surface area contributed by atoms with Gasteiger partial charge in [-0.3, -0.25) is 4.79 Å². The number of amides is 1. The van der Waals surface area contributed by atoms with Gasteiger partial charge in [-0.05, 0) is 12.1 Å². The second-order valence-electron chi connectivity index (χ2n) is 3.84. The molecule has 1 aromatic carbocycles. The molecule has 1 rings (SSSR count). The molecular weight excluding hydrogens is 302 g/mol. The van der Waals surface area contributed by atoms with E-state index in [9.17, 15) is 15.0 Å². The predicted molar refractivity (Wildman–Crippen MR) is 70.3 cm³/mol. The maximum absolute atomic E-state index is 10.7. The fourth-order valence-electron chi connectivity index (χ4n) is 1.50. The first-order chi connectivity index (χ1) is 8.45. The average molecular weight is 318 g/mol. The molecule has 0 aromatic heterocycles. The summed E-state index contributed by atoms with van der Waals surface area (Å²) in [6.45, 7) is 1.33. The van der Waals surface area contributed by atoms with Gasteiger partial charge in [0.25, 0.3) is 0 Å². The molecule has 0 bridgehead atoms. The number of ether oxygens (including phenoxy) is 1. The van der Waals surface area contributed by atoms with Gasteiger partial charge in [0, 0.05) is 23.5 Å². The monoisotopic (exact) mass is 317 g/mol. The topological polar surface area (TPSA) is 78.8 Å². The maximum Gasteiger partial charge on any atom is 0.216 e. The van der Waals surface area contributed by atoms with Crippen molar-refractivity contribution in [3.8, 4) is 5.75 Å². The van der Waals surface area contributed by atoms with E-state index in [1.54, 1.807) is 18.2 Å². The van der Waals surface area contributed by atoms with Crippen LogP contribution in [0.4, 0.5) is 0 Å². The molecule has 0 aliphatic heterocycles.